The highest BCUT2D eigenvalue weighted by atomic mass is 19.1. The zero-order valence-electron chi connectivity index (χ0n) is 16.5. The van der Waals surface area contributed by atoms with E-state index in [2.05, 4.69) is 25.4 Å². The first-order valence-electron chi connectivity index (χ1n) is 9.05. The van der Waals surface area contributed by atoms with Crippen LogP contribution in [0.2, 0.25) is 0 Å². The molecule has 1 aromatic carbocycles. The van der Waals surface area contributed by atoms with Gasteiger partial charge in [0, 0.05) is 24.5 Å². The second-order valence-electron chi connectivity index (χ2n) is 6.90. The van der Waals surface area contributed by atoms with Gasteiger partial charge in [0.1, 0.15) is 17.0 Å². The number of carbonyl (C=O) groups excluding carboxylic acids is 1. The van der Waals surface area contributed by atoms with Crippen LogP contribution in [0.15, 0.2) is 36.7 Å². The fourth-order valence-electron chi connectivity index (χ4n) is 3.29. The van der Waals surface area contributed by atoms with Gasteiger partial charge in [-0.2, -0.15) is 5.10 Å². The van der Waals surface area contributed by atoms with Gasteiger partial charge in [0.15, 0.2) is 5.82 Å². The van der Waals surface area contributed by atoms with Crippen molar-refractivity contribution < 1.29 is 9.18 Å². The first-order chi connectivity index (χ1) is 13.8. The predicted molar refractivity (Wildman–Crippen MR) is 108 cm³/mol. The van der Waals surface area contributed by atoms with E-state index in [9.17, 15) is 9.18 Å². The number of nitrogens with zero attached hydrogens (tertiary/aromatic N) is 5. The van der Waals surface area contributed by atoms with Crippen LogP contribution in [0.4, 0.5) is 10.1 Å². The summed E-state index contributed by atoms with van der Waals surface area (Å²) < 4.78 is 16.4. The van der Waals surface area contributed by atoms with Crippen molar-refractivity contribution in [2.45, 2.75) is 20.8 Å². The quantitative estimate of drug-likeness (QED) is 0.576. The highest BCUT2D eigenvalue weighted by molar-refractivity contribution is 6.03. The molecular formula is C21H19FN6O. The van der Waals surface area contributed by atoms with Crippen LogP contribution < -0.4 is 5.32 Å². The van der Waals surface area contributed by atoms with E-state index in [4.69, 9.17) is 0 Å². The number of halogens is 1. The first kappa shape index (κ1) is 18.7. The topological polar surface area (TPSA) is 85.6 Å². The van der Waals surface area contributed by atoms with Crippen LogP contribution in [0.25, 0.3) is 22.4 Å². The lowest BCUT2D eigenvalue weighted by molar-refractivity contribution is 0.101. The van der Waals surface area contributed by atoms with Crippen molar-refractivity contribution in [1.29, 1.82) is 0 Å². The average molecular weight is 390 g/mol. The van der Waals surface area contributed by atoms with Gasteiger partial charge in [-0.05, 0) is 56.2 Å². The van der Waals surface area contributed by atoms with Gasteiger partial charge >= 0.3 is 0 Å². The minimum atomic E-state index is -0.527. The van der Waals surface area contributed by atoms with Gasteiger partial charge in [0.05, 0.1) is 17.4 Å². The van der Waals surface area contributed by atoms with Gasteiger partial charge in [-0.15, -0.1) is 0 Å². The van der Waals surface area contributed by atoms with Crippen LogP contribution in [-0.4, -0.2) is 30.6 Å². The smallest absolute Gasteiger partial charge is 0.273 e. The summed E-state index contributed by atoms with van der Waals surface area (Å²) in [5.74, 6) is -0.553. The van der Waals surface area contributed by atoms with E-state index >= 15 is 0 Å². The van der Waals surface area contributed by atoms with Gasteiger partial charge in [-0.3, -0.25) is 9.48 Å². The number of fused-ring (bicyclic) bond motifs is 1. The number of pyridine rings is 1. The largest absolute Gasteiger partial charge is 0.318 e. The summed E-state index contributed by atoms with van der Waals surface area (Å²) in [6, 6.07) is 6.73. The SMILES string of the molecule is Cc1cc(C)c2nc(-c3ccc(NC(=O)c4ccnn4C)c(F)c3C)ncc2n1. The maximum Gasteiger partial charge on any atom is 0.273 e. The number of aryl methyl sites for hydroxylation is 3. The number of benzene rings is 1. The number of hydrogen-bond donors (Lipinski definition) is 1. The van der Waals surface area contributed by atoms with Crippen LogP contribution in [0, 0.1) is 26.6 Å². The van der Waals surface area contributed by atoms with Crippen LogP contribution in [0.3, 0.4) is 0 Å². The fourth-order valence-corrected chi connectivity index (χ4v) is 3.29. The predicted octanol–water partition coefficient (Wildman–Crippen LogP) is 3.74. The molecule has 0 aliphatic rings. The lowest BCUT2D eigenvalue weighted by Crippen LogP contribution is -2.17. The molecule has 7 nitrogen and oxygen atoms in total. The van der Waals surface area contributed by atoms with E-state index in [1.807, 2.05) is 19.9 Å². The number of aromatic nitrogens is 5. The molecule has 3 aromatic heterocycles. The summed E-state index contributed by atoms with van der Waals surface area (Å²) >= 11 is 0. The molecular weight excluding hydrogens is 371 g/mol. The molecule has 0 saturated carbocycles. The Kier molecular flexibility index (Phi) is 4.54. The standard InChI is InChI=1S/C21H19FN6O/c1-11-9-12(2)25-16-10-23-20(27-19(11)16)14-5-6-15(18(22)13(14)3)26-21(29)17-7-8-24-28(17)4/h5-10H,1-4H3,(H,26,29). The molecule has 8 heteroatoms. The Morgan fingerprint density at radius 3 is 2.66 bits per heavy atom. The lowest BCUT2D eigenvalue weighted by Gasteiger charge is -2.12. The second kappa shape index (κ2) is 7.05. The third-order valence-electron chi connectivity index (χ3n) is 4.79. The van der Waals surface area contributed by atoms with E-state index in [0.29, 0.717) is 28.2 Å². The summed E-state index contributed by atoms with van der Waals surface area (Å²) in [7, 11) is 1.65. The summed E-state index contributed by atoms with van der Waals surface area (Å²) in [5, 5.41) is 6.54. The van der Waals surface area contributed by atoms with E-state index in [1.165, 1.54) is 16.9 Å². The minimum Gasteiger partial charge on any atom is -0.318 e. The van der Waals surface area contributed by atoms with E-state index < -0.39 is 11.7 Å². The Labute approximate surface area is 166 Å². The van der Waals surface area contributed by atoms with Crippen molar-refractivity contribution in [3.63, 3.8) is 0 Å². The monoisotopic (exact) mass is 390 g/mol. The molecule has 4 rings (SSSR count). The van der Waals surface area contributed by atoms with Gasteiger partial charge in [-0.1, -0.05) is 0 Å². The van der Waals surface area contributed by atoms with Crippen LogP contribution in [0.5, 0.6) is 0 Å². The molecule has 0 fully saturated rings. The number of carbonyl (C=O) groups is 1. The van der Waals surface area contributed by atoms with Crippen molar-refractivity contribution in [2.75, 3.05) is 5.32 Å². The summed E-state index contributed by atoms with van der Waals surface area (Å²) in [4.78, 5) is 25.7. The van der Waals surface area contributed by atoms with E-state index in [-0.39, 0.29) is 5.69 Å². The molecule has 1 N–H and O–H groups in total. The highest BCUT2D eigenvalue weighted by Crippen LogP contribution is 2.29. The molecule has 0 unspecified atom stereocenters. The molecule has 0 bridgehead atoms. The Morgan fingerprint density at radius 1 is 1.14 bits per heavy atom. The number of hydrogen-bond acceptors (Lipinski definition) is 5. The Hall–Kier alpha value is -3.68. The summed E-state index contributed by atoms with van der Waals surface area (Å²) in [6.07, 6.45) is 3.15. The van der Waals surface area contributed by atoms with Crippen molar-refractivity contribution in [3.8, 4) is 11.4 Å². The molecule has 1 amide bonds. The first-order valence-corrected chi connectivity index (χ1v) is 9.05. The molecule has 0 spiro atoms. The number of amides is 1. The fraction of sp³-hybridized carbons (Fsp3) is 0.190. The second-order valence-corrected chi connectivity index (χ2v) is 6.90. The van der Waals surface area contributed by atoms with Crippen molar-refractivity contribution >= 4 is 22.6 Å². The van der Waals surface area contributed by atoms with Gasteiger partial charge in [0.2, 0.25) is 0 Å². The van der Waals surface area contributed by atoms with E-state index in [1.54, 1.807) is 32.3 Å². The molecule has 0 aliphatic heterocycles. The average Bonchev–Trinajstić information content (AvgIpc) is 3.11. The minimum absolute atomic E-state index is 0.0895. The molecule has 3 heterocycles. The molecule has 4 aromatic rings. The normalized spacial score (nSPS) is 11.1. The zero-order valence-corrected chi connectivity index (χ0v) is 16.5. The molecule has 0 aliphatic carbocycles. The molecule has 0 radical (unpaired) electrons. The van der Waals surface area contributed by atoms with Crippen LogP contribution in [0.1, 0.15) is 27.3 Å². The maximum absolute atomic E-state index is 15.0. The van der Waals surface area contributed by atoms with Crippen LogP contribution >= 0.6 is 0 Å². The zero-order chi connectivity index (χ0) is 20.7. The Bertz CT molecular complexity index is 1260. The van der Waals surface area contributed by atoms with Gasteiger partial charge in [-0.25, -0.2) is 19.3 Å². The van der Waals surface area contributed by atoms with Crippen molar-refractivity contribution in [3.05, 3.63) is 65.0 Å². The molecule has 146 valence electrons. The molecule has 0 saturated heterocycles. The molecule has 0 atom stereocenters. The van der Waals surface area contributed by atoms with Gasteiger partial charge in [0.25, 0.3) is 5.91 Å². The van der Waals surface area contributed by atoms with Crippen LogP contribution in [-0.2, 0) is 7.05 Å². The Balaban J connectivity index is 1.71. The van der Waals surface area contributed by atoms with Crippen molar-refractivity contribution in [2.24, 2.45) is 7.05 Å². The third-order valence-corrected chi connectivity index (χ3v) is 4.79. The molecule has 29 heavy (non-hydrogen) atoms. The number of rotatable bonds is 3. The number of nitrogens with one attached hydrogen (secondary N) is 1. The Morgan fingerprint density at radius 2 is 1.93 bits per heavy atom. The highest BCUT2D eigenvalue weighted by Gasteiger charge is 2.17. The summed E-state index contributed by atoms with van der Waals surface area (Å²) in [5.41, 5.74) is 4.64. The lowest BCUT2D eigenvalue weighted by atomic mass is 10.1. The third kappa shape index (κ3) is 3.33. The maximum atomic E-state index is 15.0. The summed E-state index contributed by atoms with van der Waals surface area (Å²) in [6.45, 7) is 5.51. The van der Waals surface area contributed by atoms with Gasteiger partial charge < -0.3 is 5.32 Å². The van der Waals surface area contributed by atoms with E-state index in [0.717, 1.165) is 16.8 Å². The van der Waals surface area contributed by atoms with Crippen molar-refractivity contribution in [1.82, 2.24) is 24.7 Å². The number of anilines is 1.